The number of anilines is 2. The summed E-state index contributed by atoms with van der Waals surface area (Å²) in [5, 5.41) is 9.20. The van der Waals surface area contributed by atoms with Crippen LogP contribution in [0.3, 0.4) is 0 Å². The number of para-hydroxylation sites is 1. The first-order chi connectivity index (χ1) is 12.6. The molecule has 0 radical (unpaired) electrons. The van der Waals surface area contributed by atoms with Gasteiger partial charge in [-0.2, -0.15) is 0 Å². The predicted molar refractivity (Wildman–Crippen MR) is 104 cm³/mol. The van der Waals surface area contributed by atoms with Gasteiger partial charge in [0, 0.05) is 18.8 Å². The normalized spacial score (nSPS) is 16.1. The molecule has 1 aliphatic heterocycles. The summed E-state index contributed by atoms with van der Waals surface area (Å²) in [6.45, 7) is 1.24. The Morgan fingerprint density at radius 2 is 1.92 bits per heavy atom. The molecule has 3 rings (SSSR count). The minimum atomic E-state index is -0.317. The number of hydrogen-bond acceptors (Lipinski definition) is 3. The summed E-state index contributed by atoms with van der Waals surface area (Å²) in [4.78, 5) is 12.5. The third-order valence-electron chi connectivity index (χ3n) is 4.04. The lowest BCUT2D eigenvalue weighted by molar-refractivity contribution is 0.0858. The molecule has 0 saturated carbocycles. The van der Waals surface area contributed by atoms with Gasteiger partial charge in [-0.05, 0) is 61.5 Å². The highest BCUT2D eigenvalue weighted by Crippen LogP contribution is 2.17. The first kappa shape index (κ1) is 18.3. The zero-order valence-electron chi connectivity index (χ0n) is 14.1. The van der Waals surface area contributed by atoms with Crippen LogP contribution in [0.2, 0.25) is 0 Å². The fourth-order valence-electron chi connectivity index (χ4n) is 2.72. The van der Waals surface area contributed by atoms with Crippen LogP contribution < -0.4 is 16.0 Å². The van der Waals surface area contributed by atoms with E-state index in [1.54, 1.807) is 30.3 Å². The number of rotatable bonds is 5. The van der Waals surface area contributed by atoms with Gasteiger partial charge in [0.25, 0.3) is 5.91 Å². The van der Waals surface area contributed by atoms with E-state index >= 15 is 0 Å². The molecule has 26 heavy (non-hydrogen) atoms. The lowest BCUT2D eigenvalue weighted by atomic mass is 10.1. The Kier molecular flexibility index (Phi) is 6.14. The van der Waals surface area contributed by atoms with Crippen molar-refractivity contribution in [2.75, 3.05) is 23.8 Å². The Hall–Kier alpha value is -2.51. The summed E-state index contributed by atoms with van der Waals surface area (Å²) >= 11 is 5.28. The Bertz CT molecular complexity index is 777. The molecule has 136 valence electrons. The van der Waals surface area contributed by atoms with Crippen LogP contribution in [0, 0.1) is 5.82 Å². The number of ether oxygens (including phenoxy) is 1. The maximum atomic E-state index is 13.0. The second kappa shape index (κ2) is 8.73. The fraction of sp³-hybridized carbons (Fsp3) is 0.263. The van der Waals surface area contributed by atoms with E-state index in [0.29, 0.717) is 28.6 Å². The van der Waals surface area contributed by atoms with Gasteiger partial charge in [0.1, 0.15) is 5.82 Å². The maximum absolute atomic E-state index is 13.0. The van der Waals surface area contributed by atoms with Crippen LogP contribution in [0.1, 0.15) is 23.2 Å². The Morgan fingerprint density at radius 3 is 2.65 bits per heavy atom. The second-order valence-corrected chi connectivity index (χ2v) is 6.38. The predicted octanol–water partition coefficient (Wildman–Crippen LogP) is 3.54. The van der Waals surface area contributed by atoms with E-state index < -0.39 is 0 Å². The minimum Gasteiger partial charge on any atom is -0.376 e. The highest BCUT2D eigenvalue weighted by atomic mass is 32.1. The van der Waals surface area contributed by atoms with Crippen LogP contribution in [0.15, 0.2) is 48.5 Å². The molecule has 1 heterocycles. The number of halogens is 1. The van der Waals surface area contributed by atoms with Crippen LogP contribution in [-0.2, 0) is 4.74 Å². The molecule has 1 unspecified atom stereocenters. The SMILES string of the molecule is O=C(NCC1CCCO1)c1ccccc1NC(=S)Nc1ccc(F)cc1. The molecule has 1 fully saturated rings. The topological polar surface area (TPSA) is 62.4 Å². The number of carbonyl (C=O) groups is 1. The summed E-state index contributed by atoms with van der Waals surface area (Å²) in [5.74, 6) is -0.504. The third kappa shape index (κ3) is 5.00. The summed E-state index contributed by atoms with van der Waals surface area (Å²) in [6, 6.07) is 13.0. The first-order valence-corrected chi connectivity index (χ1v) is 8.85. The second-order valence-electron chi connectivity index (χ2n) is 5.98. The van der Waals surface area contributed by atoms with E-state index in [9.17, 15) is 9.18 Å². The van der Waals surface area contributed by atoms with Gasteiger partial charge in [-0.3, -0.25) is 4.79 Å². The van der Waals surface area contributed by atoms with Gasteiger partial charge < -0.3 is 20.7 Å². The minimum absolute atomic E-state index is 0.0836. The number of carbonyl (C=O) groups excluding carboxylic acids is 1. The molecule has 1 atom stereocenters. The van der Waals surface area contributed by atoms with Gasteiger partial charge in [0.05, 0.1) is 17.4 Å². The monoisotopic (exact) mass is 373 g/mol. The van der Waals surface area contributed by atoms with Crippen LogP contribution in [0.4, 0.5) is 15.8 Å². The fourth-order valence-corrected chi connectivity index (χ4v) is 2.94. The molecule has 1 saturated heterocycles. The average Bonchev–Trinajstić information content (AvgIpc) is 3.16. The van der Waals surface area contributed by atoms with Gasteiger partial charge in [0.2, 0.25) is 0 Å². The van der Waals surface area contributed by atoms with Crippen molar-refractivity contribution in [1.29, 1.82) is 0 Å². The van der Waals surface area contributed by atoms with Crippen LogP contribution in [-0.4, -0.2) is 30.3 Å². The van der Waals surface area contributed by atoms with Crippen LogP contribution >= 0.6 is 12.2 Å². The van der Waals surface area contributed by atoms with E-state index in [4.69, 9.17) is 17.0 Å². The van der Waals surface area contributed by atoms with Crippen LogP contribution in [0.25, 0.3) is 0 Å². The van der Waals surface area contributed by atoms with Crippen molar-refractivity contribution in [3.63, 3.8) is 0 Å². The quantitative estimate of drug-likeness (QED) is 0.700. The van der Waals surface area contributed by atoms with Crippen LogP contribution in [0.5, 0.6) is 0 Å². The van der Waals surface area contributed by atoms with Crippen molar-refractivity contribution < 1.29 is 13.9 Å². The molecule has 7 heteroatoms. The molecular formula is C19H20FN3O2S. The molecule has 0 spiro atoms. The zero-order valence-corrected chi connectivity index (χ0v) is 14.9. The Labute approximate surface area is 156 Å². The van der Waals surface area contributed by atoms with E-state index in [0.717, 1.165) is 19.4 Å². The molecule has 5 nitrogen and oxygen atoms in total. The van der Waals surface area contributed by atoms with Crippen molar-refractivity contribution in [3.8, 4) is 0 Å². The largest absolute Gasteiger partial charge is 0.376 e. The van der Waals surface area contributed by atoms with Gasteiger partial charge >= 0.3 is 0 Å². The number of amides is 1. The van der Waals surface area contributed by atoms with E-state index in [-0.39, 0.29) is 17.8 Å². The maximum Gasteiger partial charge on any atom is 0.253 e. The molecule has 0 aliphatic carbocycles. The first-order valence-electron chi connectivity index (χ1n) is 8.44. The van der Waals surface area contributed by atoms with E-state index in [2.05, 4.69) is 16.0 Å². The standard InChI is InChI=1S/C19H20FN3O2S/c20-13-7-9-14(10-8-13)22-19(26)23-17-6-2-1-5-16(17)18(24)21-12-15-4-3-11-25-15/h1-2,5-10,15H,3-4,11-12H2,(H,21,24)(H2,22,23,26). The lowest BCUT2D eigenvalue weighted by Gasteiger charge is -2.15. The summed E-state index contributed by atoms with van der Waals surface area (Å²) in [6.07, 6.45) is 2.08. The summed E-state index contributed by atoms with van der Waals surface area (Å²) < 4.78 is 18.5. The molecule has 1 amide bonds. The average molecular weight is 373 g/mol. The molecule has 2 aromatic rings. The highest BCUT2D eigenvalue weighted by Gasteiger charge is 2.18. The molecule has 0 bridgehead atoms. The highest BCUT2D eigenvalue weighted by molar-refractivity contribution is 7.80. The molecule has 3 N–H and O–H groups in total. The van der Waals surface area contributed by atoms with Gasteiger partial charge in [-0.15, -0.1) is 0 Å². The lowest BCUT2D eigenvalue weighted by Crippen LogP contribution is -2.32. The van der Waals surface area contributed by atoms with Crippen molar-refractivity contribution in [1.82, 2.24) is 5.32 Å². The van der Waals surface area contributed by atoms with E-state index in [1.165, 1.54) is 12.1 Å². The van der Waals surface area contributed by atoms with Crippen molar-refractivity contribution >= 4 is 34.6 Å². The van der Waals surface area contributed by atoms with Crippen molar-refractivity contribution in [3.05, 3.63) is 59.9 Å². The molecular weight excluding hydrogens is 353 g/mol. The van der Waals surface area contributed by atoms with Gasteiger partial charge in [0.15, 0.2) is 5.11 Å². The van der Waals surface area contributed by atoms with Crippen molar-refractivity contribution in [2.45, 2.75) is 18.9 Å². The summed E-state index contributed by atoms with van der Waals surface area (Å²) in [7, 11) is 0. The smallest absolute Gasteiger partial charge is 0.253 e. The number of nitrogens with one attached hydrogen (secondary N) is 3. The molecule has 1 aliphatic rings. The zero-order chi connectivity index (χ0) is 18.4. The van der Waals surface area contributed by atoms with Gasteiger partial charge in [-0.25, -0.2) is 4.39 Å². The van der Waals surface area contributed by atoms with Crippen molar-refractivity contribution in [2.24, 2.45) is 0 Å². The van der Waals surface area contributed by atoms with Gasteiger partial charge in [-0.1, -0.05) is 12.1 Å². The summed E-state index contributed by atoms with van der Waals surface area (Å²) in [5.41, 5.74) is 1.75. The van der Waals surface area contributed by atoms with E-state index in [1.807, 2.05) is 6.07 Å². The Morgan fingerprint density at radius 1 is 1.15 bits per heavy atom. The third-order valence-corrected chi connectivity index (χ3v) is 4.24. The molecule has 2 aromatic carbocycles. The Balaban J connectivity index is 1.61. The molecule has 0 aromatic heterocycles. The number of thiocarbonyl (C=S) groups is 1. The number of benzene rings is 2. The number of hydrogen-bond donors (Lipinski definition) is 3.